The first-order valence-electron chi connectivity index (χ1n) is 4.50. The van der Waals surface area contributed by atoms with Crippen LogP contribution < -0.4 is 4.74 Å². The number of benzene rings is 1. The number of carbonyl (C=O) groups is 1. The van der Waals surface area contributed by atoms with Gasteiger partial charge in [0, 0.05) is 0 Å². The Hall–Kier alpha value is -1.73. The van der Waals surface area contributed by atoms with Gasteiger partial charge in [-0.15, -0.1) is 0 Å². The van der Waals surface area contributed by atoms with Gasteiger partial charge in [0.1, 0.15) is 0 Å². The third-order valence-corrected chi connectivity index (χ3v) is 1.98. The monoisotopic (exact) mass is 272 g/mol. The summed E-state index contributed by atoms with van der Waals surface area (Å²) in [7, 11) is 0. The van der Waals surface area contributed by atoms with Crippen LogP contribution in [-0.4, -0.2) is 12.4 Å². The van der Waals surface area contributed by atoms with E-state index < -0.39 is 41.3 Å². The summed E-state index contributed by atoms with van der Waals surface area (Å²) in [5, 5.41) is 0. The third-order valence-electron chi connectivity index (χ3n) is 1.98. The first kappa shape index (κ1) is 14.3. The molecule has 8 heteroatoms. The van der Waals surface area contributed by atoms with E-state index in [0.717, 1.165) is 0 Å². The minimum Gasteiger partial charge on any atom is -0.432 e. The molecule has 18 heavy (non-hydrogen) atoms. The van der Waals surface area contributed by atoms with Crippen molar-refractivity contribution in [3.05, 3.63) is 29.1 Å². The molecule has 0 saturated carbocycles. The van der Waals surface area contributed by atoms with Crippen molar-refractivity contribution >= 4 is 5.78 Å². The highest BCUT2D eigenvalue weighted by Gasteiger charge is 2.37. The topological polar surface area (TPSA) is 26.3 Å². The van der Waals surface area contributed by atoms with Crippen LogP contribution in [0.2, 0.25) is 0 Å². The highest BCUT2D eigenvalue weighted by Crippen LogP contribution is 2.36. The van der Waals surface area contributed by atoms with Crippen molar-refractivity contribution in [3.8, 4) is 5.75 Å². The lowest BCUT2D eigenvalue weighted by Gasteiger charge is -2.14. The minimum absolute atomic E-state index is 0.317. The number of carbonyl (C=O) groups excluding carboxylic acids is 1. The van der Waals surface area contributed by atoms with Gasteiger partial charge in [-0.1, -0.05) is 0 Å². The second-order valence-electron chi connectivity index (χ2n) is 3.23. The molecule has 0 saturated heterocycles. The Balaban J connectivity index is 3.43. The van der Waals surface area contributed by atoms with Crippen LogP contribution in [0, 0.1) is 5.82 Å². The smallest absolute Gasteiger partial charge is 0.417 e. The summed E-state index contributed by atoms with van der Waals surface area (Å²) in [5.74, 6) is -4.10. The standard InChI is InChI=1S/C10H6F6O2/c1-4(17)7-5(10(14,15)16)2-3-6(8(7)11)18-9(12)13/h2-3,9H,1H3. The van der Waals surface area contributed by atoms with E-state index in [2.05, 4.69) is 4.74 Å². The van der Waals surface area contributed by atoms with Crippen LogP contribution in [0.1, 0.15) is 22.8 Å². The maximum Gasteiger partial charge on any atom is 0.417 e. The normalized spacial score (nSPS) is 11.8. The molecule has 0 aliphatic rings. The lowest BCUT2D eigenvalue weighted by Crippen LogP contribution is -2.15. The number of hydrogen-bond donors (Lipinski definition) is 0. The van der Waals surface area contributed by atoms with Crippen molar-refractivity contribution in [1.82, 2.24) is 0 Å². The number of ether oxygens (including phenoxy) is 1. The molecule has 0 heterocycles. The molecular weight excluding hydrogens is 266 g/mol. The second-order valence-corrected chi connectivity index (χ2v) is 3.23. The van der Waals surface area contributed by atoms with Gasteiger partial charge in [0.15, 0.2) is 17.3 Å². The van der Waals surface area contributed by atoms with Crippen LogP contribution >= 0.6 is 0 Å². The molecule has 0 aromatic heterocycles. The van der Waals surface area contributed by atoms with Gasteiger partial charge in [-0.05, 0) is 19.1 Å². The molecule has 0 N–H and O–H groups in total. The molecule has 0 atom stereocenters. The highest BCUT2D eigenvalue weighted by atomic mass is 19.4. The van der Waals surface area contributed by atoms with Gasteiger partial charge < -0.3 is 4.74 Å². The number of ketones is 1. The zero-order valence-corrected chi connectivity index (χ0v) is 8.82. The van der Waals surface area contributed by atoms with E-state index in [9.17, 15) is 31.1 Å². The van der Waals surface area contributed by atoms with E-state index in [4.69, 9.17) is 0 Å². The van der Waals surface area contributed by atoms with E-state index >= 15 is 0 Å². The van der Waals surface area contributed by atoms with Crippen molar-refractivity contribution in [3.63, 3.8) is 0 Å². The summed E-state index contributed by atoms with van der Waals surface area (Å²) in [4.78, 5) is 11.0. The van der Waals surface area contributed by atoms with Gasteiger partial charge in [-0.3, -0.25) is 4.79 Å². The number of halogens is 6. The summed E-state index contributed by atoms with van der Waals surface area (Å²) in [6.45, 7) is -2.71. The molecule has 100 valence electrons. The molecule has 0 amide bonds. The van der Waals surface area contributed by atoms with Gasteiger partial charge in [-0.25, -0.2) is 4.39 Å². The molecular formula is C10H6F6O2. The summed E-state index contributed by atoms with van der Waals surface area (Å²) < 4.78 is 78.3. The number of alkyl halides is 5. The van der Waals surface area contributed by atoms with Crippen LogP contribution in [-0.2, 0) is 6.18 Å². The SMILES string of the molecule is CC(=O)c1c(C(F)(F)F)ccc(OC(F)F)c1F. The summed E-state index contributed by atoms with van der Waals surface area (Å²) in [5.41, 5.74) is -2.85. The first-order valence-corrected chi connectivity index (χ1v) is 4.50. The maximum atomic E-state index is 13.5. The average Bonchev–Trinajstić information content (AvgIpc) is 2.17. The van der Waals surface area contributed by atoms with E-state index in [1.54, 1.807) is 0 Å². The van der Waals surface area contributed by atoms with Crippen LogP contribution in [0.3, 0.4) is 0 Å². The highest BCUT2D eigenvalue weighted by molar-refractivity contribution is 5.96. The van der Waals surface area contributed by atoms with Crippen molar-refractivity contribution < 1.29 is 35.9 Å². The molecule has 1 aromatic carbocycles. The Morgan fingerprint density at radius 2 is 1.83 bits per heavy atom. The zero-order chi connectivity index (χ0) is 14.1. The number of hydrogen-bond acceptors (Lipinski definition) is 2. The van der Waals surface area contributed by atoms with Crippen LogP contribution in [0.25, 0.3) is 0 Å². The van der Waals surface area contributed by atoms with E-state index in [0.29, 0.717) is 19.1 Å². The minimum atomic E-state index is -4.97. The molecule has 2 nitrogen and oxygen atoms in total. The van der Waals surface area contributed by atoms with Gasteiger partial charge in [0.2, 0.25) is 0 Å². The molecule has 0 fully saturated rings. The van der Waals surface area contributed by atoms with Crippen molar-refractivity contribution in [2.24, 2.45) is 0 Å². The molecule has 0 unspecified atom stereocenters. The van der Waals surface area contributed by atoms with E-state index in [-0.39, 0.29) is 0 Å². The number of rotatable bonds is 3. The molecule has 0 bridgehead atoms. The Bertz CT molecular complexity index is 466. The predicted molar refractivity (Wildman–Crippen MR) is 48.0 cm³/mol. The van der Waals surface area contributed by atoms with Crippen LogP contribution in [0.15, 0.2) is 12.1 Å². The molecule has 1 aromatic rings. The Morgan fingerprint density at radius 1 is 1.28 bits per heavy atom. The zero-order valence-electron chi connectivity index (χ0n) is 8.82. The van der Waals surface area contributed by atoms with Crippen molar-refractivity contribution in [2.75, 3.05) is 0 Å². The fraction of sp³-hybridized carbons (Fsp3) is 0.300. The van der Waals surface area contributed by atoms with Gasteiger partial charge in [0.25, 0.3) is 0 Å². The van der Waals surface area contributed by atoms with E-state index in [1.807, 2.05) is 0 Å². The van der Waals surface area contributed by atoms with Crippen LogP contribution in [0.4, 0.5) is 26.3 Å². The average molecular weight is 272 g/mol. The molecule has 0 spiro atoms. The second kappa shape index (κ2) is 4.87. The molecule has 0 aliphatic carbocycles. The van der Waals surface area contributed by atoms with Crippen molar-refractivity contribution in [2.45, 2.75) is 19.7 Å². The summed E-state index contributed by atoms with van der Waals surface area (Å²) in [6.07, 6.45) is -4.97. The Labute approximate surface area is 97.2 Å². The molecule has 1 rings (SSSR count). The van der Waals surface area contributed by atoms with E-state index in [1.165, 1.54) is 0 Å². The lowest BCUT2D eigenvalue weighted by molar-refractivity contribution is -0.138. The Kier molecular flexibility index (Phi) is 3.88. The van der Waals surface area contributed by atoms with Gasteiger partial charge >= 0.3 is 12.8 Å². The Morgan fingerprint density at radius 3 is 2.22 bits per heavy atom. The quantitative estimate of drug-likeness (QED) is 0.620. The lowest BCUT2D eigenvalue weighted by atomic mass is 10.0. The first-order chi connectivity index (χ1) is 8.14. The maximum absolute atomic E-state index is 13.5. The van der Waals surface area contributed by atoms with Crippen molar-refractivity contribution in [1.29, 1.82) is 0 Å². The van der Waals surface area contributed by atoms with Gasteiger partial charge in [0.05, 0.1) is 11.1 Å². The summed E-state index contributed by atoms with van der Waals surface area (Å²) in [6, 6.07) is 0.717. The fourth-order valence-electron chi connectivity index (χ4n) is 1.32. The largest absolute Gasteiger partial charge is 0.432 e. The van der Waals surface area contributed by atoms with Gasteiger partial charge in [-0.2, -0.15) is 22.0 Å². The molecule has 0 radical (unpaired) electrons. The number of Topliss-reactive ketones (excluding diaryl/α,β-unsaturated/α-hetero) is 1. The fourth-order valence-corrected chi connectivity index (χ4v) is 1.32. The van der Waals surface area contributed by atoms with Crippen LogP contribution in [0.5, 0.6) is 5.75 Å². The predicted octanol–water partition coefficient (Wildman–Crippen LogP) is 3.65. The molecule has 0 aliphatic heterocycles. The third kappa shape index (κ3) is 2.93. The summed E-state index contributed by atoms with van der Waals surface area (Å²) >= 11 is 0.